The lowest BCUT2D eigenvalue weighted by Crippen LogP contribution is -2.42. The first-order valence-electron chi connectivity index (χ1n) is 7.00. The number of nitrogens with zero attached hydrogens (tertiary/aromatic N) is 1. The summed E-state index contributed by atoms with van der Waals surface area (Å²) in [6.07, 6.45) is 0.623. The molecule has 2 heterocycles. The maximum absolute atomic E-state index is 13.1. The van der Waals surface area contributed by atoms with Crippen LogP contribution in [0.2, 0.25) is 0 Å². The number of hydrogen-bond donors (Lipinski definition) is 1. The van der Waals surface area contributed by atoms with Crippen molar-refractivity contribution in [2.45, 2.75) is 31.0 Å². The number of esters is 1. The third-order valence-corrected chi connectivity index (χ3v) is 4.59. The standard InChI is InChI=1S/C16H18FNO3/c1-18-12-7-11(9-3-5-10(17)6-4-9)15(16(20)21-2)13(18)8-14(12)19/h3-6,12-14,19H,7-8H2,1-2H3. The summed E-state index contributed by atoms with van der Waals surface area (Å²) in [6, 6.07) is 5.95. The Morgan fingerprint density at radius 2 is 2.05 bits per heavy atom. The number of hydrogen-bond acceptors (Lipinski definition) is 4. The minimum Gasteiger partial charge on any atom is -0.466 e. The first-order chi connectivity index (χ1) is 10.0. The van der Waals surface area contributed by atoms with Gasteiger partial charge in [-0.3, -0.25) is 4.90 Å². The molecule has 3 unspecified atom stereocenters. The Morgan fingerprint density at radius 3 is 2.67 bits per heavy atom. The van der Waals surface area contributed by atoms with Gasteiger partial charge in [0.2, 0.25) is 0 Å². The van der Waals surface area contributed by atoms with Crippen LogP contribution >= 0.6 is 0 Å². The Bertz CT molecular complexity index is 596. The van der Waals surface area contributed by atoms with Crippen molar-refractivity contribution >= 4 is 11.5 Å². The maximum Gasteiger partial charge on any atom is 0.335 e. The van der Waals surface area contributed by atoms with Crippen LogP contribution in [0.4, 0.5) is 4.39 Å². The molecule has 4 nitrogen and oxygen atoms in total. The van der Waals surface area contributed by atoms with Gasteiger partial charge in [0, 0.05) is 12.1 Å². The van der Waals surface area contributed by atoms with Crippen molar-refractivity contribution in [3.8, 4) is 0 Å². The minimum atomic E-state index is -0.461. The zero-order valence-electron chi connectivity index (χ0n) is 12.0. The van der Waals surface area contributed by atoms with Gasteiger partial charge >= 0.3 is 5.97 Å². The van der Waals surface area contributed by atoms with E-state index in [1.54, 1.807) is 12.1 Å². The Balaban J connectivity index is 2.11. The molecule has 1 saturated heterocycles. The van der Waals surface area contributed by atoms with E-state index in [0.717, 1.165) is 11.1 Å². The van der Waals surface area contributed by atoms with Crippen molar-refractivity contribution in [2.24, 2.45) is 0 Å². The van der Waals surface area contributed by atoms with E-state index in [-0.39, 0.29) is 23.9 Å². The molecular weight excluding hydrogens is 273 g/mol. The van der Waals surface area contributed by atoms with E-state index >= 15 is 0 Å². The fourth-order valence-corrected chi connectivity index (χ4v) is 3.47. The Morgan fingerprint density at radius 1 is 1.38 bits per heavy atom. The van der Waals surface area contributed by atoms with Crippen molar-refractivity contribution in [2.75, 3.05) is 14.2 Å². The molecule has 1 fully saturated rings. The predicted molar refractivity (Wildman–Crippen MR) is 75.9 cm³/mol. The highest BCUT2D eigenvalue weighted by Gasteiger charge is 2.47. The summed E-state index contributed by atoms with van der Waals surface area (Å²) in [4.78, 5) is 14.2. The summed E-state index contributed by atoms with van der Waals surface area (Å²) < 4.78 is 18.0. The van der Waals surface area contributed by atoms with Crippen molar-refractivity contribution in [3.05, 3.63) is 41.2 Å². The number of aliphatic hydroxyl groups is 1. The number of likely N-dealkylation sites (N-methyl/N-ethyl adjacent to an activating group) is 1. The third kappa shape index (κ3) is 2.26. The van der Waals surface area contributed by atoms with Gasteiger partial charge in [-0.1, -0.05) is 12.1 Å². The largest absolute Gasteiger partial charge is 0.466 e. The van der Waals surface area contributed by atoms with Gasteiger partial charge < -0.3 is 9.84 Å². The second-order valence-electron chi connectivity index (χ2n) is 5.65. The number of methoxy groups -OCH3 is 1. The second-order valence-corrected chi connectivity index (χ2v) is 5.65. The van der Waals surface area contributed by atoms with Crippen LogP contribution < -0.4 is 0 Å². The number of ether oxygens (including phenoxy) is 1. The van der Waals surface area contributed by atoms with Crippen molar-refractivity contribution in [1.82, 2.24) is 4.90 Å². The number of fused-ring (bicyclic) bond motifs is 2. The van der Waals surface area contributed by atoms with E-state index < -0.39 is 6.10 Å². The number of rotatable bonds is 2. The first kappa shape index (κ1) is 14.2. The molecule has 5 heteroatoms. The molecule has 0 aliphatic carbocycles. The molecule has 2 bridgehead atoms. The molecule has 0 spiro atoms. The quantitative estimate of drug-likeness (QED) is 0.841. The zero-order chi connectivity index (χ0) is 15.1. The topological polar surface area (TPSA) is 49.8 Å². The van der Waals surface area contributed by atoms with Crippen LogP contribution in [0.25, 0.3) is 5.57 Å². The molecule has 0 aromatic heterocycles. The smallest absolute Gasteiger partial charge is 0.335 e. The SMILES string of the molecule is COC(=O)C1=C(c2ccc(F)cc2)CC2C(O)CC1N2C. The van der Waals surface area contributed by atoms with Crippen LogP contribution in [0.15, 0.2) is 29.8 Å². The normalized spacial score (nSPS) is 28.9. The Kier molecular flexibility index (Phi) is 3.55. The number of halogens is 1. The van der Waals surface area contributed by atoms with Crippen LogP contribution in [-0.2, 0) is 9.53 Å². The first-order valence-corrected chi connectivity index (χ1v) is 7.00. The Hall–Kier alpha value is -1.72. The van der Waals surface area contributed by atoms with Crippen LogP contribution in [-0.4, -0.2) is 48.3 Å². The van der Waals surface area contributed by atoms with Crippen LogP contribution in [0.5, 0.6) is 0 Å². The van der Waals surface area contributed by atoms with Crippen LogP contribution in [0.1, 0.15) is 18.4 Å². The second kappa shape index (κ2) is 5.24. The molecule has 1 aromatic carbocycles. The summed E-state index contributed by atoms with van der Waals surface area (Å²) in [5, 5.41) is 10.2. The Labute approximate surface area is 122 Å². The fraction of sp³-hybridized carbons (Fsp3) is 0.438. The summed E-state index contributed by atoms with van der Waals surface area (Å²) in [6.45, 7) is 0. The van der Waals surface area contributed by atoms with E-state index in [0.29, 0.717) is 18.4 Å². The molecule has 1 aromatic rings. The van der Waals surface area contributed by atoms with Gasteiger partial charge in [0.05, 0.1) is 18.8 Å². The van der Waals surface area contributed by atoms with E-state index in [1.807, 2.05) is 11.9 Å². The van der Waals surface area contributed by atoms with E-state index in [4.69, 9.17) is 4.74 Å². The number of carbonyl (C=O) groups excluding carboxylic acids is 1. The van der Waals surface area contributed by atoms with Crippen molar-refractivity contribution in [3.63, 3.8) is 0 Å². The van der Waals surface area contributed by atoms with Gasteiger partial charge in [0.1, 0.15) is 5.82 Å². The van der Waals surface area contributed by atoms with Gasteiger partial charge in [-0.15, -0.1) is 0 Å². The summed E-state index contributed by atoms with van der Waals surface area (Å²) in [7, 11) is 3.27. The highest BCUT2D eigenvalue weighted by Crippen LogP contribution is 2.42. The maximum atomic E-state index is 13.1. The molecule has 3 rings (SSSR count). The lowest BCUT2D eigenvalue weighted by molar-refractivity contribution is -0.136. The highest BCUT2D eigenvalue weighted by molar-refractivity contribution is 5.99. The molecule has 112 valence electrons. The molecule has 2 aliphatic heterocycles. The molecule has 0 radical (unpaired) electrons. The molecule has 2 aliphatic rings. The number of benzene rings is 1. The van der Waals surface area contributed by atoms with Crippen LogP contribution in [0, 0.1) is 5.82 Å². The summed E-state index contributed by atoms with van der Waals surface area (Å²) >= 11 is 0. The average Bonchev–Trinajstić information content (AvgIpc) is 2.66. The predicted octanol–water partition coefficient (Wildman–Crippen LogP) is 1.59. The molecular formula is C16H18FNO3. The van der Waals surface area contributed by atoms with Crippen LogP contribution in [0.3, 0.4) is 0 Å². The van der Waals surface area contributed by atoms with Gasteiger partial charge in [0.25, 0.3) is 0 Å². The van der Waals surface area contributed by atoms with Gasteiger partial charge in [-0.25, -0.2) is 9.18 Å². The van der Waals surface area contributed by atoms with E-state index in [2.05, 4.69) is 0 Å². The van der Waals surface area contributed by atoms with E-state index in [9.17, 15) is 14.3 Å². The highest BCUT2D eigenvalue weighted by atomic mass is 19.1. The monoisotopic (exact) mass is 291 g/mol. The van der Waals surface area contributed by atoms with Gasteiger partial charge in [-0.05, 0) is 43.2 Å². The number of aliphatic hydroxyl groups excluding tert-OH is 1. The molecule has 21 heavy (non-hydrogen) atoms. The summed E-state index contributed by atoms with van der Waals surface area (Å²) in [5.41, 5.74) is 2.25. The lowest BCUT2D eigenvalue weighted by atomic mass is 9.88. The number of carbonyl (C=O) groups is 1. The van der Waals surface area contributed by atoms with Gasteiger partial charge in [0.15, 0.2) is 0 Å². The van der Waals surface area contributed by atoms with E-state index in [1.165, 1.54) is 19.2 Å². The lowest BCUT2D eigenvalue weighted by Gasteiger charge is -2.34. The molecule has 0 amide bonds. The molecule has 1 N–H and O–H groups in total. The van der Waals surface area contributed by atoms with Crippen molar-refractivity contribution < 1.29 is 19.0 Å². The minimum absolute atomic E-state index is 0.0107. The molecule has 3 atom stereocenters. The zero-order valence-corrected chi connectivity index (χ0v) is 12.0. The fourth-order valence-electron chi connectivity index (χ4n) is 3.47. The third-order valence-electron chi connectivity index (χ3n) is 4.59. The average molecular weight is 291 g/mol. The van der Waals surface area contributed by atoms with Crippen molar-refractivity contribution in [1.29, 1.82) is 0 Å². The molecule has 0 saturated carbocycles. The summed E-state index contributed by atoms with van der Waals surface area (Å²) in [5.74, 6) is -0.686. The van der Waals surface area contributed by atoms with Gasteiger partial charge in [-0.2, -0.15) is 0 Å².